The molecule has 0 amide bonds. The van der Waals surface area contributed by atoms with Crippen LogP contribution >= 0.6 is 0 Å². The third kappa shape index (κ3) is 5.26. The summed E-state index contributed by atoms with van der Waals surface area (Å²) in [6, 6.07) is 12.1. The van der Waals surface area contributed by atoms with Crippen LogP contribution in [-0.2, 0) is 6.54 Å². The minimum Gasteiger partial charge on any atom is -0.497 e. The van der Waals surface area contributed by atoms with Crippen molar-refractivity contribution in [3.8, 4) is 11.5 Å². The molecule has 1 atom stereocenters. The minimum atomic E-state index is -0.482. The van der Waals surface area contributed by atoms with E-state index in [1.165, 1.54) is 18.5 Å². The summed E-state index contributed by atoms with van der Waals surface area (Å²) in [7, 11) is 1.66. The van der Waals surface area contributed by atoms with Crippen molar-refractivity contribution >= 4 is 0 Å². The van der Waals surface area contributed by atoms with Crippen LogP contribution < -0.4 is 9.47 Å². The van der Waals surface area contributed by atoms with Gasteiger partial charge in [-0.2, -0.15) is 0 Å². The SMILES string of the molecule is COc1ccc(CN2CC(c3ccccn3)C2)c(OC[C@H](O)CN2CCCC2)c1. The van der Waals surface area contributed by atoms with Crippen LogP contribution in [0.1, 0.15) is 30.0 Å². The molecule has 2 aliphatic rings. The number of ether oxygens (including phenoxy) is 2. The molecule has 29 heavy (non-hydrogen) atoms. The molecule has 0 bridgehead atoms. The molecule has 2 saturated heterocycles. The topological polar surface area (TPSA) is 58.1 Å². The van der Waals surface area contributed by atoms with Crippen LogP contribution in [0.25, 0.3) is 0 Å². The summed E-state index contributed by atoms with van der Waals surface area (Å²) in [6.45, 7) is 5.96. The summed E-state index contributed by atoms with van der Waals surface area (Å²) >= 11 is 0. The van der Waals surface area contributed by atoms with Gasteiger partial charge in [0.05, 0.1) is 7.11 Å². The van der Waals surface area contributed by atoms with E-state index in [2.05, 4.69) is 26.9 Å². The lowest BCUT2D eigenvalue weighted by Gasteiger charge is -2.39. The van der Waals surface area contributed by atoms with Crippen molar-refractivity contribution in [3.63, 3.8) is 0 Å². The van der Waals surface area contributed by atoms with Gasteiger partial charge in [-0.25, -0.2) is 0 Å². The van der Waals surface area contributed by atoms with Crippen molar-refractivity contribution in [1.29, 1.82) is 0 Å². The van der Waals surface area contributed by atoms with Gasteiger partial charge >= 0.3 is 0 Å². The Bertz CT molecular complexity index is 774. The van der Waals surface area contributed by atoms with E-state index in [0.717, 1.165) is 49.8 Å². The molecular formula is C23H31N3O3. The summed E-state index contributed by atoms with van der Waals surface area (Å²) in [5, 5.41) is 10.4. The number of β-amino-alcohol motifs (C(OH)–C–C–N with tert-alkyl or cyclic N) is 1. The molecule has 0 radical (unpaired) electrons. The summed E-state index contributed by atoms with van der Waals surface area (Å²) in [5.41, 5.74) is 2.29. The Kier molecular flexibility index (Phi) is 6.64. The van der Waals surface area contributed by atoms with E-state index >= 15 is 0 Å². The van der Waals surface area contributed by atoms with Crippen LogP contribution in [0, 0.1) is 0 Å². The van der Waals surface area contributed by atoms with Gasteiger partial charge in [-0.3, -0.25) is 9.88 Å². The van der Waals surface area contributed by atoms with E-state index in [1.807, 2.05) is 30.5 Å². The van der Waals surface area contributed by atoms with Gasteiger partial charge < -0.3 is 19.5 Å². The van der Waals surface area contributed by atoms with Crippen LogP contribution in [0.5, 0.6) is 11.5 Å². The van der Waals surface area contributed by atoms with Crippen molar-refractivity contribution in [1.82, 2.24) is 14.8 Å². The number of likely N-dealkylation sites (tertiary alicyclic amines) is 2. The zero-order valence-electron chi connectivity index (χ0n) is 17.2. The Balaban J connectivity index is 1.33. The number of benzene rings is 1. The number of hydrogen-bond acceptors (Lipinski definition) is 6. The van der Waals surface area contributed by atoms with E-state index in [-0.39, 0.29) is 0 Å². The highest BCUT2D eigenvalue weighted by Gasteiger charge is 2.29. The summed E-state index contributed by atoms with van der Waals surface area (Å²) < 4.78 is 11.4. The van der Waals surface area contributed by atoms with Gasteiger partial charge in [-0.15, -0.1) is 0 Å². The van der Waals surface area contributed by atoms with Gasteiger partial charge in [0, 0.05) is 55.6 Å². The fourth-order valence-electron chi connectivity index (χ4n) is 4.17. The maximum absolute atomic E-state index is 10.4. The third-order valence-corrected chi connectivity index (χ3v) is 5.83. The number of methoxy groups -OCH3 is 1. The number of rotatable bonds is 9. The van der Waals surface area contributed by atoms with Gasteiger partial charge in [0.15, 0.2) is 0 Å². The highest BCUT2D eigenvalue weighted by Crippen LogP contribution is 2.31. The number of aliphatic hydroxyl groups is 1. The molecule has 1 aromatic heterocycles. The zero-order chi connectivity index (χ0) is 20.1. The first-order valence-corrected chi connectivity index (χ1v) is 10.5. The van der Waals surface area contributed by atoms with Crippen LogP contribution in [0.4, 0.5) is 0 Å². The lowest BCUT2D eigenvalue weighted by atomic mass is 9.95. The highest BCUT2D eigenvalue weighted by molar-refractivity contribution is 5.41. The van der Waals surface area contributed by atoms with Crippen molar-refractivity contribution in [3.05, 3.63) is 53.9 Å². The molecule has 6 heteroatoms. The van der Waals surface area contributed by atoms with E-state index in [9.17, 15) is 5.11 Å². The first-order chi connectivity index (χ1) is 14.2. The van der Waals surface area contributed by atoms with Crippen molar-refractivity contribution < 1.29 is 14.6 Å². The van der Waals surface area contributed by atoms with Crippen molar-refractivity contribution in [2.24, 2.45) is 0 Å². The molecule has 3 heterocycles. The lowest BCUT2D eigenvalue weighted by Crippen LogP contribution is -2.44. The highest BCUT2D eigenvalue weighted by atomic mass is 16.5. The number of nitrogens with zero attached hydrogens (tertiary/aromatic N) is 3. The van der Waals surface area contributed by atoms with Crippen LogP contribution in [0.3, 0.4) is 0 Å². The van der Waals surface area contributed by atoms with Crippen LogP contribution in [0.2, 0.25) is 0 Å². The molecule has 1 N–H and O–H groups in total. The smallest absolute Gasteiger partial charge is 0.127 e. The van der Waals surface area contributed by atoms with Crippen LogP contribution in [0.15, 0.2) is 42.6 Å². The maximum atomic E-state index is 10.4. The monoisotopic (exact) mass is 397 g/mol. The quantitative estimate of drug-likeness (QED) is 0.702. The molecule has 6 nitrogen and oxygen atoms in total. The molecule has 2 aliphatic heterocycles. The summed E-state index contributed by atoms with van der Waals surface area (Å²) in [6.07, 6.45) is 3.83. The predicted molar refractivity (Wildman–Crippen MR) is 112 cm³/mol. The first-order valence-electron chi connectivity index (χ1n) is 10.5. The molecule has 0 saturated carbocycles. The molecule has 156 valence electrons. The van der Waals surface area contributed by atoms with Gasteiger partial charge in [0.2, 0.25) is 0 Å². The number of aromatic nitrogens is 1. The second-order valence-corrected chi connectivity index (χ2v) is 8.09. The number of aliphatic hydroxyl groups excluding tert-OH is 1. The largest absolute Gasteiger partial charge is 0.497 e. The molecule has 0 unspecified atom stereocenters. The van der Waals surface area contributed by atoms with E-state index in [1.54, 1.807) is 7.11 Å². The Labute approximate surface area is 173 Å². The number of hydrogen-bond donors (Lipinski definition) is 1. The lowest BCUT2D eigenvalue weighted by molar-refractivity contribution is 0.0741. The van der Waals surface area contributed by atoms with Crippen molar-refractivity contribution in [2.45, 2.75) is 31.4 Å². The fraction of sp³-hybridized carbons (Fsp3) is 0.522. The first kappa shape index (κ1) is 20.1. The van der Waals surface area contributed by atoms with Crippen molar-refractivity contribution in [2.75, 3.05) is 46.4 Å². The van der Waals surface area contributed by atoms with Gasteiger partial charge in [0.25, 0.3) is 0 Å². The zero-order valence-corrected chi connectivity index (χ0v) is 17.2. The molecule has 2 fully saturated rings. The average molecular weight is 398 g/mol. The van der Waals surface area contributed by atoms with Gasteiger partial charge in [-0.05, 0) is 44.1 Å². The van der Waals surface area contributed by atoms with E-state index < -0.39 is 6.10 Å². The van der Waals surface area contributed by atoms with E-state index in [4.69, 9.17) is 9.47 Å². The number of pyridine rings is 1. The Morgan fingerprint density at radius 2 is 1.97 bits per heavy atom. The Hall–Kier alpha value is -2.15. The average Bonchev–Trinajstić information content (AvgIpc) is 3.23. The molecule has 1 aromatic carbocycles. The Morgan fingerprint density at radius 1 is 1.14 bits per heavy atom. The summed E-state index contributed by atoms with van der Waals surface area (Å²) in [5.74, 6) is 2.07. The van der Waals surface area contributed by atoms with E-state index in [0.29, 0.717) is 19.1 Å². The normalized spacial score (nSPS) is 19.1. The molecular weight excluding hydrogens is 366 g/mol. The molecule has 4 rings (SSSR count). The molecule has 0 aliphatic carbocycles. The maximum Gasteiger partial charge on any atom is 0.127 e. The molecule has 0 spiro atoms. The second-order valence-electron chi connectivity index (χ2n) is 8.09. The third-order valence-electron chi connectivity index (χ3n) is 5.83. The summed E-state index contributed by atoms with van der Waals surface area (Å²) in [4.78, 5) is 9.18. The second kappa shape index (κ2) is 9.57. The Morgan fingerprint density at radius 3 is 2.69 bits per heavy atom. The predicted octanol–water partition coefficient (Wildman–Crippen LogP) is 2.53. The minimum absolute atomic E-state index is 0.299. The standard InChI is InChI=1S/C23H31N3O3/c1-28-21-8-7-18(13-26-14-19(15-26)22-6-2-3-9-24-22)23(12-21)29-17-20(27)16-25-10-4-5-11-25/h2-3,6-9,12,19-20,27H,4-5,10-11,13-17H2,1H3/t20-/m1/s1. The van der Waals surface area contributed by atoms with Crippen LogP contribution in [-0.4, -0.2) is 72.4 Å². The fourth-order valence-corrected chi connectivity index (χ4v) is 4.17. The van der Waals surface area contributed by atoms with Gasteiger partial charge in [0.1, 0.15) is 24.2 Å². The molecule has 2 aromatic rings. The van der Waals surface area contributed by atoms with Gasteiger partial charge in [-0.1, -0.05) is 12.1 Å².